The maximum Gasteiger partial charge on any atom is 0.411 e. The van der Waals surface area contributed by atoms with Crippen molar-refractivity contribution in [3.8, 4) is 0 Å². The summed E-state index contributed by atoms with van der Waals surface area (Å²) < 4.78 is 6.39. The van der Waals surface area contributed by atoms with Crippen molar-refractivity contribution in [1.29, 1.82) is 0 Å². The molecule has 0 radical (unpaired) electrons. The SMILES string of the molecule is CCCOC(=O)Nc1cnc2n(c1=O)CCS2. The molecule has 1 aromatic rings. The zero-order valence-electron chi connectivity index (χ0n) is 9.43. The van der Waals surface area contributed by atoms with Crippen molar-refractivity contribution in [3.63, 3.8) is 0 Å². The molecule has 1 aromatic heterocycles. The monoisotopic (exact) mass is 255 g/mol. The van der Waals surface area contributed by atoms with Crippen LogP contribution in [-0.4, -0.2) is 28.0 Å². The highest BCUT2D eigenvalue weighted by atomic mass is 32.2. The Hall–Kier alpha value is -1.50. The van der Waals surface area contributed by atoms with E-state index in [1.807, 2.05) is 6.92 Å². The van der Waals surface area contributed by atoms with Gasteiger partial charge in [-0.15, -0.1) is 0 Å². The van der Waals surface area contributed by atoms with Crippen molar-refractivity contribution < 1.29 is 9.53 Å². The molecule has 2 rings (SSSR count). The van der Waals surface area contributed by atoms with Gasteiger partial charge in [0.1, 0.15) is 5.69 Å². The first-order valence-corrected chi connectivity index (χ1v) is 6.37. The molecule has 0 aliphatic carbocycles. The summed E-state index contributed by atoms with van der Waals surface area (Å²) in [7, 11) is 0. The maximum absolute atomic E-state index is 11.9. The summed E-state index contributed by atoms with van der Waals surface area (Å²) in [5.74, 6) is 0.839. The summed E-state index contributed by atoms with van der Waals surface area (Å²) in [6.45, 7) is 2.86. The van der Waals surface area contributed by atoms with Crippen LogP contribution < -0.4 is 10.9 Å². The summed E-state index contributed by atoms with van der Waals surface area (Å²) in [6, 6.07) is 0. The van der Waals surface area contributed by atoms with E-state index in [1.165, 1.54) is 18.0 Å². The van der Waals surface area contributed by atoms with Crippen LogP contribution in [0.4, 0.5) is 10.5 Å². The van der Waals surface area contributed by atoms with Gasteiger partial charge in [-0.05, 0) is 6.42 Å². The summed E-state index contributed by atoms with van der Waals surface area (Å²) in [6.07, 6.45) is 1.50. The molecule has 0 fully saturated rings. The molecular formula is C10H13N3O3S. The fourth-order valence-corrected chi connectivity index (χ4v) is 2.36. The Morgan fingerprint density at radius 2 is 2.53 bits per heavy atom. The molecule has 0 saturated carbocycles. The molecule has 6 nitrogen and oxygen atoms in total. The molecule has 17 heavy (non-hydrogen) atoms. The molecule has 0 unspecified atom stereocenters. The van der Waals surface area contributed by atoms with E-state index < -0.39 is 6.09 Å². The predicted molar refractivity (Wildman–Crippen MR) is 64.5 cm³/mol. The number of hydrogen-bond acceptors (Lipinski definition) is 5. The lowest BCUT2D eigenvalue weighted by Gasteiger charge is -2.07. The number of ether oxygens (including phenoxy) is 1. The molecule has 0 saturated heterocycles. The molecular weight excluding hydrogens is 242 g/mol. The number of nitrogens with one attached hydrogen (secondary N) is 1. The molecule has 1 aliphatic rings. The first-order valence-electron chi connectivity index (χ1n) is 5.38. The van der Waals surface area contributed by atoms with Crippen LogP contribution in [0.25, 0.3) is 0 Å². The number of hydrogen-bond donors (Lipinski definition) is 1. The van der Waals surface area contributed by atoms with E-state index in [9.17, 15) is 9.59 Å². The van der Waals surface area contributed by atoms with E-state index in [4.69, 9.17) is 4.74 Å². The van der Waals surface area contributed by atoms with Crippen molar-refractivity contribution in [2.45, 2.75) is 25.0 Å². The van der Waals surface area contributed by atoms with Gasteiger partial charge in [-0.25, -0.2) is 9.78 Å². The van der Waals surface area contributed by atoms with Gasteiger partial charge in [0, 0.05) is 12.3 Å². The average molecular weight is 255 g/mol. The lowest BCUT2D eigenvalue weighted by Crippen LogP contribution is -2.26. The summed E-state index contributed by atoms with van der Waals surface area (Å²) in [4.78, 5) is 27.3. The number of carbonyl (C=O) groups excluding carboxylic acids is 1. The van der Waals surface area contributed by atoms with Crippen LogP contribution in [0.5, 0.6) is 0 Å². The highest BCUT2D eigenvalue weighted by Gasteiger charge is 2.17. The van der Waals surface area contributed by atoms with Gasteiger partial charge in [0.15, 0.2) is 5.16 Å². The molecule has 1 amide bonds. The van der Waals surface area contributed by atoms with Gasteiger partial charge in [0.05, 0.1) is 12.8 Å². The molecule has 0 spiro atoms. The minimum absolute atomic E-state index is 0.164. The van der Waals surface area contributed by atoms with Crippen LogP contribution in [-0.2, 0) is 11.3 Å². The highest BCUT2D eigenvalue weighted by Crippen LogP contribution is 2.21. The topological polar surface area (TPSA) is 73.2 Å². The first-order chi connectivity index (χ1) is 8.22. The Morgan fingerprint density at radius 1 is 1.71 bits per heavy atom. The second kappa shape index (κ2) is 5.22. The fraction of sp³-hybridized carbons (Fsp3) is 0.500. The molecule has 0 aromatic carbocycles. The molecule has 1 N–H and O–H groups in total. The van der Waals surface area contributed by atoms with E-state index in [1.54, 1.807) is 4.57 Å². The number of amides is 1. The van der Waals surface area contributed by atoms with Crippen molar-refractivity contribution >= 4 is 23.5 Å². The fourth-order valence-electron chi connectivity index (χ4n) is 1.44. The normalized spacial score (nSPS) is 13.2. The Labute approximate surface area is 102 Å². The highest BCUT2D eigenvalue weighted by molar-refractivity contribution is 7.99. The lowest BCUT2D eigenvalue weighted by atomic mass is 10.5. The van der Waals surface area contributed by atoms with Gasteiger partial charge in [0.25, 0.3) is 5.56 Å². The average Bonchev–Trinajstić information content (AvgIpc) is 2.79. The maximum atomic E-state index is 11.9. The molecule has 2 heterocycles. The van der Waals surface area contributed by atoms with Crippen molar-refractivity contribution in [2.24, 2.45) is 0 Å². The molecule has 92 valence electrons. The Kier molecular flexibility index (Phi) is 3.68. The quantitative estimate of drug-likeness (QED) is 0.824. The number of nitrogens with zero attached hydrogens (tertiary/aromatic N) is 2. The van der Waals surface area contributed by atoms with Gasteiger partial charge in [-0.2, -0.15) is 0 Å². The number of anilines is 1. The van der Waals surface area contributed by atoms with Crippen molar-refractivity contribution in [3.05, 3.63) is 16.6 Å². The zero-order valence-corrected chi connectivity index (χ0v) is 10.2. The minimum Gasteiger partial charge on any atom is -0.449 e. The number of rotatable bonds is 3. The number of fused-ring (bicyclic) bond motifs is 1. The van der Waals surface area contributed by atoms with E-state index in [2.05, 4.69) is 10.3 Å². The summed E-state index contributed by atoms with van der Waals surface area (Å²) in [5.41, 5.74) is -0.0641. The smallest absolute Gasteiger partial charge is 0.411 e. The summed E-state index contributed by atoms with van der Waals surface area (Å²) in [5, 5.41) is 3.11. The lowest BCUT2D eigenvalue weighted by molar-refractivity contribution is 0.161. The van der Waals surface area contributed by atoms with Gasteiger partial charge in [-0.1, -0.05) is 18.7 Å². The van der Waals surface area contributed by atoms with E-state index in [0.29, 0.717) is 18.3 Å². The van der Waals surface area contributed by atoms with Gasteiger partial charge < -0.3 is 4.74 Å². The van der Waals surface area contributed by atoms with Gasteiger partial charge >= 0.3 is 6.09 Å². The van der Waals surface area contributed by atoms with Crippen LogP contribution in [0.2, 0.25) is 0 Å². The summed E-state index contributed by atoms with van der Waals surface area (Å²) >= 11 is 1.53. The second-order valence-electron chi connectivity index (χ2n) is 3.52. The number of thioether (sulfide) groups is 1. The Morgan fingerprint density at radius 3 is 3.29 bits per heavy atom. The van der Waals surface area contributed by atoms with Crippen molar-refractivity contribution in [2.75, 3.05) is 17.7 Å². The zero-order chi connectivity index (χ0) is 12.3. The number of aromatic nitrogens is 2. The van der Waals surface area contributed by atoms with Crippen LogP contribution in [0.15, 0.2) is 16.1 Å². The Balaban J connectivity index is 2.12. The van der Waals surface area contributed by atoms with Gasteiger partial charge in [0.2, 0.25) is 0 Å². The molecule has 7 heteroatoms. The van der Waals surface area contributed by atoms with Crippen LogP contribution in [0, 0.1) is 0 Å². The second-order valence-corrected chi connectivity index (χ2v) is 4.58. The van der Waals surface area contributed by atoms with Gasteiger partial charge in [-0.3, -0.25) is 14.7 Å². The predicted octanol–water partition coefficient (Wildman–Crippen LogP) is 1.31. The number of carbonyl (C=O) groups is 1. The third-order valence-electron chi connectivity index (χ3n) is 2.23. The third kappa shape index (κ3) is 2.60. The largest absolute Gasteiger partial charge is 0.449 e. The van der Waals surface area contributed by atoms with E-state index in [0.717, 1.165) is 12.2 Å². The Bertz CT molecular complexity index is 486. The van der Waals surface area contributed by atoms with Crippen LogP contribution >= 0.6 is 11.8 Å². The first kappa shape index (κ1) is 12.0. The molecule has 0 bridgehead atoms. The molecule has 0 atom stereocenters. The third-order valence-corrected chi connectivity index (χ3v) is 3.20. The molecule has 1 aliphatic heterocycles. The van der Waals surface area contributed by atoms with E-state index in [-0.39, 0.29) is 11.2 Å². The minimum atomic E-state index is -0.614. The van der Waals surface area contributed by atoms with Crippen LogP contribution in [0.3, 0.4) is 0 Å². The van der Waals surface area contributed by atoms with Crippen molar-refractivity contribution in [1.82, 2.24) is 9.55 Å². The van der Waals surface area contributed by atoms with Crippen LogP contribution in [0.1, 0.15) is 13.3 Å². The van der Waals surface area contributed by atoms with E-state index >= 15 is 0 Å². The standard InChI is InChI=1S/C10H13N3O3S/c1-2-4-16-10(15)12-7-6-11-9-13(8(7)14)3-5-17-9/h6H,2-5H2,1H3,(H,12,15).